The molecule has 0 fully saturated rings. The van der Waals surface area contributed by atoms with Crippen LogP contribution >= 0.6 is 11.8 Å². The molecule has 1 unspecified atom stereocenters. The molecule has 3 atom stereocenters. The Bertz CT molecular complexity index is 1140. The third-order valence-corrected chi connectivity index (χ3v) is 7.53. The Labute approximate surface area is 229 Å². The topological polar surface area (TPSA) is 84.5 Å². The van der Waals surface area contributed by atoms with Crippen molar-refractivity contribution >= 4 is 29.5 Å². The maximum Gasteiger partial charge on any atom is 0.408 e. The Morgan fingerprint density at radius 1 is 0.737 bits per heavy atom. The van der Waals surface area contributed by atoms with Crippen molar-refractivity contribution in [2.75, 3.05) is 5.75 Å². The molecule has 200 valence electrons. The number of Topliss-reactive ketones (excluding diaryl/α,β-unsaturated/α-hetero) is 1. The van der Waals surface area contributed by atoms with Gasteiger partial charge in [0.25, 0.3) is 0 Å². The Morgan fingerprint density at radius 3 is 1.76 bits per heavy atom. The number of rotatable bonds is 14. The molecular formula is C31H36N2O4S. The standard InChI is InChI=1S/C31H36N2O4S/c1-3-23(2)38-22-29(34)27(19-24-13-7-4-8-14-24)32-30(35)28(20-25-15-9-5-10-16-25)33-31(36)37-21-26-17-11-6-12-18-26/h4-18,23,27-28H,3,19-22H2,1-2H3,(H,32,35)(H,33,36)/t23?,27-,28-/m0/s1. The molecule has 0 aliphatic heterocycles. The summed E-state index contributed by atoms with van der Waals surface area (Å²) in [7, 11) is 0. The van der Waals surface area contributed by atoms with Gasteiger partial charge in [0.1, 0.15) is 12.6 Å². The highest BCUT2D eigenvalue weighted by atomic mass is 32.2. The molecule has 3 aromatic carbocycles. The minimum Gasteiger partial charge on any atom is -0.445 e. The molecule has 0 saturated heterocycles. The van der Waals surface area contributed by atoms with Crippen LogP contribution in [0, 0.1) is 0 Å². The minimum atomic E-state index is -0.908. The van der Waals surface area contributed by atoms with Crippen LogP contribution in [0.2, 0.25) is 0 Å². The molecule has 3 rings (SSSR count). The lowest BCUT2D eigenvalue weighted by Crippen LogP contribution is -2.53. The van der Waals surface area contributed by atoms with Gasteiger partial charge in [0.15, 0.2) is 5.78 Å². The van der Waals surface area contributed by atoms with Gasteiger partial charge in [0, 0.05) is 11.7 Å². The van der Waals surface area contributed by atoms with Gasteiger partial charge in [-0.3, -0.25) is 9.59 Å². The molecule has 0 bridgehead atoms. The highest BCUT2D eigenvalue weighted by Gasteiger charge is 2.28. The number of benzene rings is 3. The number of nitrogens with one attached hydrogen (secondary N) is 2. The predicted octanol–water partition coefficient (Wildman–Crippen LogP) is 5.35. The second-order valence-electron chi connectivity index (χ2n) is 9.20. The van der Waals surface area contributed by atoms with Crippen molar-refractivity contribution in [1.82, 2.24) is 10.6 Å². The van der Waals surface area contributed by atoms with E-state index < -0.39 is 24.1 Å². The number of thioether (sulfide) groups is 1. The summed E-state index contributed by atoms with van der Waals surface area (Å²) in [6, 6.07) is 26.8. The van der Waals surface area contributed by atoms with E-state index in [4.69, 9.17) is 4.74 Å². The molecule has 0 heterocycles. The molecule has 0 spiro atoms. The smallest absolute Gasteiger partial charge is 0.408 e. The SMILES string of the molecule is CCC(C)SCC(=O)[C@H](Cc1ccccc1)NC(=O)[C@H](Cc1ccccc1)NC(=O)OCc1ccccc1. The molecule has 3 aromatic rings. The monoisotopic (exact) mass is 532 g/mol. The van der Waals surface area contributed by atoms with E-state index in [-0.39, 0.29) is 18.8 Å². The van der Waals surface area contributed by atoms with Crippen molar-refractivity contribution in [3.8, 4) is 0 Å². The third kappa shape index (κ3) is 10.1. The molecule has 7 heteroatoms. The van der Waals surface area contributed by atoms with Crippen molar-refractivity contribution in [1.29, 1.82) is 0 Å². The Morgan fingerprint density at radius 2 is 1.24 bits per heavy atom. The average molecular weight is 533 g/mol. The summed E-state index contributed by atoms with van der Waals surface area (Å²) in [5, 5.41) is 5.99. The zero-order valence-corrected chi connectivity index (χ0v) is 22.8. The lowest BCUT2D eigenvalue weighted by Gasteiger charge is -2.23. The molecule has 38 heavy (non-hydrogen) atoms. The fraction of sp³-hybridized carbons (Fsp3) is 0.323. The number of carbonyl (C=O) groups excluding carboxylic acids is 3. The van der Waals surface area contributed by atoms with E-state index in [0.717, 1.165) is 23.1 Å². The normalized spacial score (nSPS) is 13.1. The minimum absolute atomic E-state index is 0.0439. The summed E-state index contributed by atoms with van der Waals surface area (Å²) in [5.41, 5.74) is 2.68. The van der Waals surface area contributed by atoms with Crippen molar-refractivity contribution in [3.05, 3.63) is 108 Å². The van der Waals surface area contributed by atoms with E-state index in [1.807, 2.05) is 91.0 Å². The van der Waals surface area contributed by atoms with E-state index in [1.165, 1.54) is 0 Å². The van der Waals surface area contributed by atoms with E-state index >= 15 is 0 Å². The molecule has 2 N–H and O–H groups in total. The van der Waals surface area contributed by atoms with Crippen molar-refractivity contribution in [2.45, 2.75) is 57.1 Å². The number of ether oxygens (including phenoxy) is 1. The van der Waals surface area contributed by atoms with Gasteiger partial charge in [0.2, 0.25) is 5.91 Å². The largest absolute Gasteiger partial charge is 0.445 e. The Balaban J connectivity index is 1.72. The van der Waals surface area contributed by atoms with E-state index in [1.54, 1.807) is 11.8 Å². The first-order valence-corrected chi connectivity index (χ1v) is 14.0. The summed E-state index contributed by atoms with van der Waals surface area (Å²) in [4.78, 5) is 39.4. The molecular weight excluding hydrogens is 496 g/mol. The van der Waals surface area contributed by atoms with E-state index in [2.05, 4.69) is 24.5 Å². The number of ketones is 1. The van der Waals surface area contributed by atoms with Crippen LogP contribution in [-0.4, -0.2) is 40.9 Å². The summed E-state index contributed by atoms with van der Waals surface area (Å²) in [6.07, 6.45) is 0.911. The first kappa shape index (κ1) is 29.0. The molecule has 0 saturated carbocycles. The number of hydrogen-bond acceptors (Lipinski definition) is 5. The highest BCUT2D eigenvalue weighted by Crippen LogP contribution is 2.16. The van der Waals surface area contributed by atoms with Gasteiger partial charge >= 0.3 is 6.09 Å². The third-order valence-electron chi connectivity index (χ3n) is 6.18. The second-order valence-corrected chi connectivity index (χ2v) is 10.6. The molecule has 0 aliphatic rings. The maximum atomic E-state index is 13.5. The van der Waals surface area contributed by atoms with Crippen LogP contribution in [0.1, 0.15) is 37.0 Å². The molecule has 6 nitrogen and oxygen atoms in total. The average Bonchev–Trinajstić information content (AvgIpc) is 2.95. The first-order valence-electron chi connectivity index (χ1n) is 12.9. The molecule has 2 amide bonds. The van der Waals surface area contributed by atoms with Crippen LogP contribution in [0.15, 0.2) is 91.0 Å². The van der Waals surface area contributed by atoms with E-state index in [0.29, 0.717) is 17.4 Å². The van der Waals surface area contributed by atoms with Crippen molar-refractivity contribution in [2.24, 2.45) is 0 Å². The van der Waals surface area contributed by atoms with Gasteiger partial charge in [0.05, 0.1) is 11.8 Å². The van der Waals surface area contributed by atoms with Gasteiger partial charge in [-0.1, -0.05) is 105 Å². The summed E-state index contributed by atoms with van der Waals surface area (Å²) in [5.74, 6) is -0.158. The predicted molar refractivity (Wildman–Crippen MR) is 153 cm³/mol. The van der Waals surface area contributed by atoms with Crippen LogP contribution in [0.4, 0.5) is 4.79 Å². The number of hydrogen-bond donors (Lipinski definition) is 2. The Hall–Kier alpha value is -3.58. The quantitative estimate of drug-likeness (QED) is 0.292. The maximum absolute atomic E-state index is 13.5. The van der Waals surface area contributed by atoms with Gasteiger partial charge in [-0.05, 0) is 29.5 Å². The van der Waals surface area contributed by atoms with Crippen molar-refractivity contribution < 1.29 is 19.1 Å². The van der Waals surface area contributed by atoms with Crippen LogP contribution in [0.25, 0.3) is 0 Å². The lowest BCUT2D eigenvalue weighted by molar-refractivity contribution is -0.128. The molecule has 0 aromatic heterocycles. The van der Waals surface area contributed by atoms with Gasteiger partial charge in [-0.2, -0.15) is 11.8 Å². The van der Waals surface area contributed by atoms with Crippen LogP contribution in [0.3, 0.4) is 0 Å². The number of carbonyl (C=O) groups is 3. The van der Waals surface area contributed by atoms with Crippen LogP contribution in [-0.2, 0) is 33.8 Å². The van der Waals surface area contributed by atoms with Gasteiger partial charge in [-0.25, -0.2) is 4.79 Å². The Kier molecular flexibility index (Phi) is 11.9. The van der Waals surface area contributed by atoms with Crippen LogP contribution < -0.4 is 10.6 Å². The zero-order valence-electron chi connectivity index (χ0n) is 22.0. The van der Waals surface area contributed by atoms with Crippen molar-refractivity contribution in [3.63, 3.8) is 0 Å². The first-order chi connectivity index (χ1) is 18.4. The highest BCUT2D eigenvalue weighted by molar-refractivity contribution is 8.00. The van der Waals surface area contributed by atoms with Crippen LogP contribution in [0.5, 0.6) is 0 Å². The molecule has 0 aliphatic carbocycles. The fourth-order valence-corrected chi connectivity index (χ4v) is 4.66. The summed E-state index contributed by atoms with van der Waals surface area (Å²) < 4.78 is 5.37. The fourth-order valence-electron chi connectivity index (χ4n) is 3.78. The second kappa shape index (κ2) is 15.6. The number of alkyl carbamates (subject to hydrolysis) is 1. The zero-order chi connectivity index (χ0) is 27.2. The number of amides is 2. The molecule has 0 radical (unpaired) electrons. The van der Waals surface area contributed by atoms with Gasteiger partial charge in [-0.15, -0.1) is 0 Å². The summed E-state index contributed by atoms with van der Waals surface area (Å²) in [6.45, 7) is 4.26. The lowest BCUT2D eigenvalue weighted by atomic mass is 10.0. The van der Waals surface area contributed by atoms with E-state index in [9.17, 15) is 14.4 Å². The summed E-state index contributed by atoms with van der Waals surface area (Å²) >= 11 is 1.59. The van der Waals surface area contributed by atoms with Gasteiger partial charge < -0.3 is 15.4 Å².